The Morgan fingerprint density at radius 1 is 1.15 bits per heavy atom. The molecule has 0 bridgehead atoms. The summed E-state index contributed by atoms with van der Waals surface area (Å²) in [5, 5.41) is 0. The van der Waals surface area contributed by atoms with Crippen molar-refractivity contribution in [2.24, 2.45) is 0 Å². The number of methoxy groups -OCH3 is 1. The summed E-state index contributed by atoms with van der Waals surface area (Å²) in [5.41, 5.74) is 2.27. The molecule has 0 aliphatic heterocycles. The first-order valence-electron chi connectivity index (χ1n) is 4.18. The van der Waals surface area contributed by atoms with Crippen LogP contribution in [0.5, 0.6) is 5.75 Å². The molecule has 0 amide bonds. The Morgan fingerprint density at radius 3 is 2.69 bits per heavy atom. The van der Waals surface area contributed by atoms with Crippen LogP contribution < -0.4 is 4.74 Å². The molecule has 66 valence electrons. The van der Waals surface area contributed by atoms with Crippen molar-refractivity contribution in [1.29, 1.82) is 0 Å². The van der Waals surface area contributed by atoms with Crippen LogP contribution in [0.4, 0.5) is 0 Å². The average Bonchev–Trinajstić information content (AvgIpc) is 2.70. The van der Waals surface area contributed by atoms with Crippen molar-refractivity contribution in [3.05, 3.63) is 42.7 Å². The number of rotatable bonds is 2. The van der Waals surface area contributed by atoms with E-state index < -0.39 is 0 Å². The van der Waals surface area contributed by atoms with Crippen LogP contribution >= 0.6 is 0 Å². The van der Waals surface area contributed by atoms with Crippen LogP contribution in [0.25, 0.3) is 11.1 Å². The summed E-state index contributed by atoms with van der Waals surface area (Å²) in [7, 11) is 1.69. The molecule has 2 nitrogen and oxygen atoms in total. The van der Waals surface area contributed by atoms with Crippen LogP contribution in [0.2, 0.25) is 0 Å². The lowest BCUT2D eigenvalue weighted by Gasteiger charge is -2.05. The van der Waals surface area contributed by atoms with E-state index in [0.29, 0.717) is 0 Å². The van der Waals surface area contributed by atoms with Crippen molar-refractivity contribution in [3.63, 3.8) is 0 Å². The number of para-hydroxylation sites is 1. The average molecular weight is 173 g/mol. The van der Waals surface area contributed by atoms with Gasteiger partial charge in [-0.25, -0.2) is 0 Å². The van der Waals surface area contributed by atoms with Crippen molar-refractivity contribution < 1.29 is 4.74 Å². The Kier molecular flexibility index (Phi) is 2.04. The lowest BCUT2D eigenvalue weighted by atomic mass is 10.1. The number of hydrogen-bond donors (Lipinski definition) is 1. The van der Waals surface area contributed by atoms with E-state index in [4.69, 9.17) is 4.74 Å². The summed E-state index contributed by atoms with van der Waals surface area (Å²) in [5.74, 6) is 0.905. The van der Waals surface area contributed by atoms with Gasteiger partial charge in [0.1, 0.15) is 5.75 Å². The SMILES string of the molecule is COc1ccccc1-c1cc[nH]c1. The molecule has 1 aromatic carbocycles. The van der Waals surface area contributed by atoms with Gasteiger partial charge in [0.05, 0.1) is 7.11 Å². The first-order valence-corrected chi connectivity index (χ1v) is 4.18. The predicted molar refractivity (Wildman–Crippen MR) is 52.8 cm³/mol. The van der Waals surface area contributed by atoms with Gasteiger partial charge < -0.3 is 9.72 Å². The molecule has 1 N–H and O–H groups in total. The van der Waals surface area contributed by atoms with Gasteiger partial charge in [-0.1, -0.05) is 18.2 Å². The highest BCUT2D eigenvalue weighted by Gasteiger charge is 2.03. The van der Waals surface area contributed by atoms with Gasteiger partial charge in [0.2, 0.25) is 0 Å². The first-order chi connectivity index (χ1) is 6.42. The van der Waals surface area contributed by atoms with Crippen LogP contribution in [0.3, 0.4) is 0 Å². The van der Waals surface area contributed by atoms with Gasteiger partial charge in [-0.3, -0.25) is 0 Å². The summed E-state index contributed by atoms with van der Waals surface area (Å²) in [6.45, 7) is 0. The number of aromatic amines is 1. The quantitative estimate of drug-likeness (QED) is 0.742. The maximum Gasteiger partial charge on any atom is 0.126 e. The molecule has 0 saturated carbocycles. The van der Waals surface area contributed by atoms with Gasteiger partial charge in [-0.05, 0) is 12.1 Å². The summed E-state index contributed by atoms with van der Waals surface area (Å²) < 4.78 is 5.26. The summed E-state index contributed by atoms with van der Waals surface area (Å²) in [4.78, 5) is 3.02. The lowest BCUT2D eigenvalue weighted by molar-refractivity contribution is 0.416. The highest BCUT2D eigenvalue weighted by Crippen LogP contribution is 2.28. The molecule has 1 aromatic heterocycles. The second kappa shape index (κ2) is 3.35. The smallest absolute Gasteiger partial charge is 0.126 e. The van der Waals surface area contributed by atoms with E-state index in [9.17, 15) is 0 Å². The van der Waals surface area contributed by atoms with Crippen LogP contribution in [0.15, 0.2) is 42.7 Å². The van der Waals surface area contributed by atoms with Crippen molar-refractivity contribution in [1.82, 2.24) is 4.98 Å². The molecule has 2 rings (SSSR count). The van der Waals surface area contributed by atoms with Gasteiger partial charge in [0.25, 0.3) is 0 Å². The number of ether oxygens (including phenoxy) is 1. The fourth-order valence-corrected chi connectivity index (χ4v) is 1.37. The Balaban J connectivity index is 2.51. The Bertz CT molecular complexity index is 379. The highest BCUT2D eigenvalue weighted by molar-refractivity contribution is 5.69. The van der Waals surface area contributed by atoms with Crippen molar-refractivity contribution in [3.8, 4) is 16.9 Å². The molecule has 0 atom stereocenters. The standard InChI is InChI=1S/C11H11NO/c1-13-11-5-3-2-4-10(11)9-6-7-12-8-9/h2-8,12H,1H3. The highest BCUT2D eigenvalue weighted by atomic mass is 16.5. The van der Waals surface area contributed by atoms with Crippen LogP contribution in [0.1, 0.15) is 0 Å². The van der Waals surface area contributed by atoms with Crippen molar-refractivity contribution in [2.75, 3.05) is 7.11 Å². The molecule has 2 aromatic rings. The van der Waals surface area contributed by atoms with Crippen molar-refractivity contribution >= 4 is 0 Å². The zero-order chi connectivity index (χ0) is 9.10. The molecule has 0 unspecified atom stereocenters. The third-order valence-corrected chi connectivity index (χ3v) is 2.02. The fraction of sp³-hybridized carbons (Fsp3) is 0.0909. The van der Waals surface area contributed by atoms with Crippen LogP contribution in [-0.4, -0.2) is 12.1 Å². The van der Waals surface area contributed by atoms with Gasteiger partial charge in [-0.15, -0.1) is 0 Å². The van der Waals surface area contributed by atoms with E-state index in [2.05, 4.69) is 4.98 Å². The number of H-pyrrole nitrogens is 1. The Labute approximate surface area is 77.2 Å². The molecule has 0 radical (unpaired) electrons. The number of benzene rings is 1. The predicted octanol–water partition coefficient (Wildman–Crippen LogP) is 2.69. The molecule has 0 aliphatic carbocycles. The molecule has 0 aliphatic rings. The van der Waals surface area contributed by atoms with E-state index in [1.807, 2.05) is 42.7 Å². The molecule has 0 saturated heterocycles. The molecule has 13 heavy (non-hydrogen) atoms. The van der Waals surface area contributed by atoms with Gasteiger partial charge in [0.15, 0.2) is 0 Å². The maximum atomic E-state index is 5.26. The zero-order valence-corrected chi connectivity index (χ0v) is 7.45. The molecule has 0 spiro atoms. The fourth-order valence-electron chi connectivity index (χ4n) is 1.37. The Hall–Kier alpha value is -1.70. The summed E-state index contributed by atoms with van der Waals surface area (Å²) in [6, 6.07) is 10.0. The van der Waals surface area contributed by atoms with Gasteiger partial charge in [-0.2, -0.15) is 0 Å². The second-order valence-corrected chi connectivity index (χ2v) is 2.80. The summed E-state index contributed by atoms with van der Waals surface area (Å²) in [6.07, 6.45) is 3.86. The second-order valence-electron chi connectivity index (χ2n) is 2.80. The summed E-state index contributed by atoms with van der Waals surface area (Å²) >= 11 is 0. The molecular weight excluding hydrogens is 162 g/mol. The minimum atomic E-state index is 0.905. The molecule has 0 fully saturated rings. The monoisotopic (exact) mass is 173 g/mol. The van der Waals surface area contributed by atoms with Crippen LogP contribution in [0, 0.1) is 0 Å². The normalized spacial score (nSPS) is 9.92. The molecule has 1 heterocycles. The van der Waals surface area contributed by atoms with Gasteiger partial charge >= 0.3 is 0 Å². The zero-order valence-electron chi connectivity index (χ0n) is 7.45. The largest absolute Gasteiger partial charge is 0.496 e. The Morgan fingerprint density at radius 2 is 2.00 bits per heavy atom. The number of aromatic nitrogens is 1. The molecular formula is C11H11NO. The third kappa shape index (κ3) is 1.43. The van der Waals surface area contributed by atoms with Crippen LogP contribution in [-0.2, 0) is 0 Å². The minimum absolute atomic E-state index is 0.905. The minimum Gasteiger partial charge on any atom is -0.496 e. The topological polar surface area (TPSA) is 25.0 Å². The van der Waals surface area contributed by atoms with E-state index >= 15 is 0 Å². The third-order valence-electron chi connectivity index (χ3n) is 2.02. The first kappa shape index (κ1) is 7.92. The van der Waals surface area contributed by atoms with Gasteiger partial charge in [0, 0.05) is 23.5 Å². The van der Waals surface area contributed by atoms with Crippen molar-refractivity contribution in [2.45, 2.75) is 0 Å². The lowest BCUT2D eigenvalue weighted by Crippen LogP contribution is -1.85. The maximum absolute atomic E-state index is 5.26. The van der Waals surface area contributed by atoms with E-state index in [1.165, 1.54) is 0 Å². The van der Waals surface area contributed by atoms with E-state index in [-0.39, 0.29) is 0 Å². The number of hydrogen-bond acceptors (Lipinski definition) is 1. The van der Waals surface area contributed by atoms with E-state index in [1.54, 1.807) is 7.11 Å². The van der Waals surface area contributed by atoms with E-state index in [0.717, 1.165) is 16.9 Å². The number of nitrogens with one attached hydrogen (secondary N) is 1. The molecule has 2 heteroatoms.